The number of rotatable bonds is 10. The standard InChI is InChI=1S/C17H29N5O4/c1-2-3-4-5-12(18)16-21-22-17(26-16)13(10-14(23)24)20-15(25)11-6-8-19-9-7-11/h11-13,19H,2-10,18H2,1H3,(H,20,25)(H,23,24)/t12-,13-/m0/s1. The number of nitrogens with two attached hydrogens (primary N) is 1. The highest BCUT2D eigenvalue weighted by atomic mass is 16.4. The summed E-state index contributed by atoms with van der Waals surface area (Å²) < 4.78 is 5.59. The minimum absolute atomic E-state index is 0.0932. The Labute approximate surface area is 153 Å². The molecule has 2 atom stereocenters. The molecular weight excluding hydrogens is 338 g/mol. The number of amides is 1. The molecule has 1 aliphatic rings. The van der Waals surface area contributed by atoms with Crippen molar-refractivity contribution in [1.82, 2.24) is 20.8 Å². The Hall–Kier alpha value is -2.00. The second kappa shape index (κ2) is 10.2. The van der Waals surface area contributed by atoms with Crippen LogP contribution in [0.2, 0.25) is 0 Å². The SMILES string of the molecule is CCCCC[C@H](N)c1nnc([C@H](CC(=O)O)NC(=O)C2CCNCC2)o1. The van der Waals surface area contributed by atoms with Crippen molar-refractivity contribution in [3.8, 4) is 0 Å². The van der Waals surface area contributed by atoms with Gasteiger partial charge in [0.1, 0.15) is 6.04 Å². The maximum Gasteiger partial charge on any atom is 0.305 e. The Morgan fingerprint density at radius 3 is 2.65 bits per heavy atom. The van der Waals surface area contributed by atoms with Crippen LogP contribution in [0.15, 0.2) is 4.42 Å². The van der Waals surface area contributed by atoms with Gasteiger partial charge in [0.05, 0.1) is 12.5 Å². The molecule has 9 heteroatoms. The molecule has 0 radical (unpaired) electrons. The molecule has 5 N–H and O–H groups in total. The number of carbonyl (C=O) groups excluding carboxylic acids is 1. The first-order valence-electron chi connectivity index (χ1n) is 9.33. The molecule has 1 saturated heterocycles. The topological polar surface area (TPSA) is 143 Å². The van der Waals surface area contributed by atoms with Gasteiger partial charge in [-0.2, -0.15) is 0 Å². The third-order valence-electron chi connectivity index (χ3n) is 4.60. The van der Waals surface area contributed by atoms with E-state index in [1.807, 2.05) is 0 Å². The first kappa shape index (κ1) is 20.3. The molecule has 9 nitrogen and oxygen atoms in total. The average molecular weight is 367 g/mol. The van der Waals surface area contributed by atoms with Gasteiger partial charge in [0.2, 0.25) is 17.7 Å². The maximum atomic E-state index is 12.4. The molecule has 1 amide bonds. The van der Waals surface area contributed by atoms with Crippen LogP contribution in [0, 0.1) is 5.92 Å². The third kappa shape index (κ3) is 6.06. The summed E-state index contributed by atoms with van der Waals surface area (Å²) in [6.45, 7) is 3.66. The summed E-state index contributed by atoms with van der Waals surface area (Å²) >= 11 is 0. The Kier molecular flexibility index (Phi) is 7.99. The van der Waals surface area contributed by atoms with E-state index in [9.17, 15) is 9.59 Å². The summed E-state index contributed by atoms with van der Waals surface area (Å²) in [7, 11) is 0. The quantitative estimate of drug-likeness (QED) is 0.453. The molecular formula is C17H29N5O4. The molecule has 2 heterocycles. The van der Waals surface area contributed by atoms with E-state index in [1.165, 1.54) is 0 Å². The Morgan fingerprint density at radius 2 is 2.00 bits per heavy atom. The smallest absolute Gasteiger partial charge is 0.305 e. The summed E-state index contributed by atoms with van der Waals surface area (Å²) in [5.41, 5.74) is 6.06. The normalized spacial score (nSPS) is 17.6. The van der Waals surface area contributed by atoms with E-state index >= 15 is 0 Å². The van der Waals surface area contributed by atoms with Crippen molar-refractivity contribution in [3.05, 3.63) is 11.8 Å². The Bertz CT molecular complexity index is 585. The van der Waals surface area contributed by atoms with Crippen molar-refractivity contribution in [2.24, 2.45) is 11.7 Å². The van der Waals surface area contributed by atoms with Crippen molar-refractivity contribution in [3.63, 3.8) is 0 Å². The van der Waals surface area contributed by atoms with Crippen LogP contribution in [0.25, 0.3) is 0 Å². The third-order valence-corrected chi connectivity index (χ3v) is 4.60. The van der Waals surface area contributed by atoms with E-state index in [4.69, 9.17) is 15.3 Å². The minimum Gasteiger partial charge on any atom is -0.481 e. The van der Waals surface area contributed by atoms with Crippen LogP contribution in [-0.4, -0.2) is 40.3 Å². The highest BCUT2D eigenvalue weighted by Crippen LogP contribution is 2.22. The van der Waals surface area contributed by atoms with Crippen molar-refractivity contribution in [2.75, 3.05) is 13.1 Å². The average Bonchev–Trinajstić information content (AvgIpc) is 3.12. The van der Waals surface area contributed by atoms with Crippen molar-refractivity contribution in [2.45, 2.75) is 64.0 Å². The predicted octanol–water partition coefficient (Wildman–Crippen LogP) is 1.28. The van der Waals surface area contributed by atoms with E-state index in [0.29, 0.717) is 0 Å². The van der Waals surface area contributed by atoms with Gasteiger partial charge in [-0.1, -0.05) is 26.2 Å². The minimum atomic E-state index is -1.05. The largest absolute Gasteiger partial charge is 0.481 e. The predicted molar refractivity (Wildman–Crippen MR) is 94.1 cm³/mol. The van der Waals surface area contributed by atoms with Gasteiger partial charge in [0, 0.05) is 5.92 Å². The van der Waals surface area contributed by atoms with Gasteiger partial charge in [0.25, 0.3) is 0 Å². The van der Waals surface area contributed by atoms with E-state index in [-0.39, 0.29) is 36.1 Å². The molecule has 0 spiro atoms. The number of carbonyl (C=O) groups is 2. The number of aliphatic carboxylic acids is 1. The van der Waals surface area contributed by atoms with Crippen LogP contribution in [0.5, 0.6) is 0 Å². The Balaban J connectivity index is 2.01. The molecule has 146 valence electrons. The number of aromatic nitrogens is 2. The zero-order valence-corrected chi connectivity index (χ0v) is 15.2. The van der Waals surface area contributed by atoms with E-state index in [1.54, 1.807) is 0 Å². The van der Waals surface area contributed by atoms with Crippen LogP contribution in [0.4, 0.5) is 0 Å². The molecule has 0 unspecified atom stereocenters. The maximum absolute atomic E-state index is 12.4. The number of hydrogen-bond donors (Lipinski definition) is 4. The van der Waals surface area contributed by atoms with Crippen LogP contribution in [0.3, 0.4) is 0 Å². The molecule has 1 aromatic heterocycles. The molecule has 0 aliphatic carbocycles. The first-order chi connectivity index (χ1) is 12.5. The van der Waals surface area contributed by atoms with Gasteiger partial charge < -0.3 is 25.9 Å². The van der Waals surface area contributed by atoms with Crippen molar-refractivity contribution >= 4 is 11.9 Å². The van der Waals surface area contributed by atoms with E-state index in [2.05, 4.69) is 27.8 Å². The van der Waals surface area contributed by atoms with Gasteiger partial charge in [-0.05, 0) is 32.4 Å². The zero-order chi connectivity index (χ0) is 18.9. The summed E-state index contributed by atoms with van der Waals surface area (Å²) in [4.78, 5) is 23.6. The van der Waals surface area contributed by atoms with Crippen LogP contribution in [0.1, 0.15) is 75.7 Å². The fraction of sp³-hybridized carbons (Fsp3) is 0.765. The monoisotopic (exact) mass is 367 g/mol. The molecule has 2 rings (SSSR count). The van der Waals surface area contributed by atoms with Crippen molar-refractivity contribution < 1.29 is 19.1 Å². The number of unbranched alkanes of at least 4 members (excludes halogenated alkanes) is 2. The Morgan fingerprint density at radius 1 is 1.31 bits per heavy atom. The molecule has 26 heavy (non-hydrogen) atoms. The van der Waals surface area contributed by atoms with E-state index < -0.39 is 12.0 Å². The molecule has 0 saturated carbocycles. The number of piperidine rings is 1. The lowest BCUT2D eigenvalue weighted by molar-refractivity contribution is -0.138. The number of hydrogen-bond acceptors (Lipinski definition) is 7. The molecule has 0 aromatic carbocycles. The van der Waals surface area contributed by atoms with Crippen LogP contribution >= 0.6 is 0 Å². The number of nitrogens with zero attached hydrogens (tertiary/aromatic N) is 2. The van der Waals surface area contributed by atoms with Crippen molar-refractivity contribution in [1.29, 1.82) is 0 Å². The second-order valence-electron chi connectivity index (χ2n) is 6.76. The molecule has 1 aliphatic heterocycles. The lowest BCUT2D eigenvalue weighted by atomic mass is 9.96. The van der Waals surface area contributed by atoms with Gasteiger partial charge in [-0.15, -0.1) is 10.2 Å². The number of nitrogens with one attached hydrogen (secondary N) is 2. The van der Waals surface area contributed by atoms with Gasteiger partial charge in [-0.25, -0.2) is 0 Å². The van der Waals surface area contributed by atoms with Gasteiger partial charge in [0.15, 0.2) is 0 Å². The molecule has 1 aromatic rings. The van der Waals surface area contributed by atoms with Gasteiger partial charge in [-0.3, -0.25) is 9.59 Å². The molecule has 0 bridgehead atoms. The second-order valence-corrected chi connectivity index (χ2v) is 6.76. The first-order valence-corrected chi connectivity index (χ1v) is 9.33. The van der Waals surface area contributed by atoms with E-state index in [0.717, 1.165) is 51.6 Å². The van der Waals surface area contributed by atoms with Crippen LogP contribution < -0.4 is 16.4 Å². The zero-order valence-electron chi connectivity index (χ0n) is 15.2. The fourth-order valence-electron chi connectivity index (χ4n) is 3.02. The molecule has 1 fully saturated rings. The summed E-state index contributed by atoms with van der Waals surface area (Å²) in [5.74, 6) is -0.984. The summed E-state index contributed by atoms with van der Waals surface area (Å²) in [6, 6.07) is -1.23. The number of carboxylic acids is 1. The number of carboxylic acid groups (broad SMARTS) is 1. The lowest BCUT2D eigenvalue weighted by Gasteiger charge is -2.23. The highest BCUT2D eigenvalue weighted by molar-refractivity contribution is 5.80. The highest BCUT2D eigenvalue weighted by Gasteiger charge is 2.28. The van der Waals surface area contributed by atoms with Gasteiger partial charge >= 0.3 is 5.97 Å². The summed E-state index contributed by atoms with van der Waals surface area (Å²) in [6.07, 6.45) is 4.98. The van der Waals surface area contributed by atoms with Crippen LogP contribution in [-0.2, 0) is 9.59 Å². The summed E-state index contributed by atoms with van der Waals surface area (Å²) in [5, 5.41) is 23.0. The lowest BCUT2D eigenvalue weighted by Crippen LogP contribution is -2.40. The fourth-order valence-corrected chi connectivity index (χ4v) is 3.02.